The Labute approximate surface area is 139 Å². The first kappa shape index (κ1) is 15.7. The summed E-state index contributed by atoms with van der Waals surface area (Å²) in [6.07, 6.45) is 2.49. The van der Waals surface area contributed by atoms with Crippen LogP contribution >= 0.6 is 0 Å². The second kappa shape index (κ2) is 5.65. The first-order valence-corrected chi connectivity index (χ1v) is 8.59. The summed E-state index contributed by atoms with van der Waals surface area (Å²) in [7, 11) is 0. The summed E-state index contributed by atoms with van der Waals surface area (Å²) in [5, 5.41) is 13.3. The average molecular weight is 336 g/mol. The second-order valence-corrected chi connectivity index (χ2v) is 7.21. The fourth-order valence-corrected chi connectivity index (χ4v) is 3.64. The lowest BCUT2D eigenvalue weighted by atomic mass is 9.79. The Balaban J connectivity index is 1.54. The van der Waals surface area contributed by atoms with E-state index in [0.29, 0.717) is 18.4 Å². The molecule has 0 aliphatic heterocycles. The third kappa shape index (κ3) is 2.85. The molecule has 2 aliphatic carbocycles. The smallest absolute Gasteiger partial charge is 0.248 e. The van der Waals surface area contributed by atoms with Crippen LogP contribution in [0.2, 0.25) is 0 Å². The minimum Gasteiger partial charge on any atom is -0.374 e. The number of aliphatic hydroxyl groups is 1. The number of pyridine rings is 1. The van der Waals surface area contributed by atoms with Gasteiger partial charge in [-0.3, -0.25) is 4.57 Å². The van der Waals surface area contributed by atoms with Crippen LogP contribution in [-0.2, 0) is 0 Å². The van der Waals surface area contributed by atoms with E-state index >= 15 is 0 Å². The number of imidazole rings is 1. The summed E-state index contributed by atoms with van der Waals surface area (Å²) in [5.41, 5.74) is 2.54. The zero-order valence-electron chi connectivity index (χ0n) is 13.7. The Morgan fingerprint density at radius 1 is 1.33 bits per heavy atom. The molecule has 5 nitrogen and oxygen atoms in total. The fourth-order valence-electron chi connectivity index (χ4n) is 3.64. The van der Waals surface area contributed by atoms with Gasteiger partial charge in [0.25, 0.3) is 0 Å². The maximum Gasteiger partial charge on any atom is 0.248 e. The van der Waals surface area contributed by atoms with Crippen LogP contribution in [0.1, 0.15) is 50.3 Å². The number of alkyl halides is 2. The van der Waals surface area contributed by atoms with E-state index in [1.54, 1.807) is 0 Å². The third-order valence-corrected chi connectivity index (χ3v) is 5.14. The molecule has 130 valence electrons. The molecule has 0 aromatic carbocycles. The van der Waals surface area contributed by atoms with Crippen LogP contribution in [0.4, 0.5) is 14.7 Å². The van der Waals surface area contributed by atoms with Crippen molar-refractivity contribution in [2.45, 2.75) is 63.6 Å². The number of hydrogen-bond acceptors (Lipinski definition) is 4. The molecular formula is C17H22F2N4O. The molecular weight excluding hydrogens is 314 g/mol. The first-order chi connectivity index (χ1) is 11.4. The van der Waals surface area contributed by atoms with Gasteiger partial charge in [0.2, 0.25) is 11.9 Å². The molecule has 4 rings (SSSR count). The van der Waals surface area contributed by atoms with E-state index in [-0.39, 0.29) is 18.8 Å². The van der Waals surface area contributed by atoms with Gasteiger partial charge in [0.1, 0.15) is 11.7 Å². The van der Waals surface area contributed by atoms with Gasteiger partial charge in [-0.05, 0) is 50.7 Å². The van der Waals surface area contributed by atoms with Crippen LogP contribution in [0.15, 0.2) is 12.1 Å². The van der Waals surface area contributed by atoms with E-state index in [1.807, 2.05) is 19.1 Å². The largest absolute Gasteiger partial charge is 0.374 e. The molecule has 0 spiro atoms. The standard InChI is InChI=1S/C17H22F2N4O/c1-10-5-6-13-15(20-10)23(12-3-2-4-12)16(21-13)22-14(24)7-11-8-17(18,19)9-11/h5-6,11-12,14,24H,2-4,7-9H2,1H3,(H,21,22). The number of nitrogens with one attached hydrogen (secondary N) is 1. The number of aromatic nitrogens is 3. The highest BCUT2D eigenvalue weighted by molar-refractivity contribution is 5.75. The maximum atomic E-state index is 12.9. The first-order valence-electron chi connectivity index (χ1n) is 8.59. The Morgan fingerprint density at radius 2 is 2.08 bits per heavy atom. The van der Waals surface area contributed by atoms with Crippen molar-refractivity contribution in [2.75, 3.05) is 5.32 Å². The lowest BCUT2D eigenvalue weighted by molar-refractivity contribution is -0.117. The quantitative estimate of drug-likeness (QED) is 0.819. The van der Waals surface area contributed by atoms with E-state index < -0.39 is 12.2 Å². The minimum atomic E-state index is -2.55. The van der Waals surface area contributed by atoms with Crippen LogP contribution in [0.25, 0.3) is 11.2 Å². The van der Waals surface area contributed by atoms with Crippen molar-refractivity contribution in [3.05, 3.63) is 17.8 Å². The molecule has 0 radical (unpaired) electrons. The zero-order valence-corrected chi connectivity index (χ0v) is 13.7. The summed E-state index contributed by atoms with van der Waals surface area (Å²) in [4.78, 5) is 9.15. The molecule has 24 heavy (non-hydrogen) atoms. The van der Waals surface area contributed by atoms with Gasteiger partial charge >= 0.3 is 0 Å². The van der Waals surface area contributed by atoms with Crippen molar-refractivity contribution in [1.82, 2.24) is 14.5 Å². The van der Waals surface area contributed by atoms with Gasteiger partial charge in [0.05, 0.1) is 0 Å². The van der Waals surface area contributed by atoms with Gasteiger partial charge in [0, 0.05) is 24.6 Å². The molecule has 0 saturated heterocycles. The van der Waals surface area contributed by atoms with Crippen LogP contribution in [-0.4, -0.2) is 31.8 Å². The summed E-state index contributed by atoms with van der Waals surface area (Å²) in [5.74, 6) is -2.10. The van der Waals surface area contributed by atoms with Gasteiger partial charge in [-0.2, -0.15) is 0 Å². The van der Waals surface area contributed by atoms with E-state index in [4.69, 9.17) is 0 Å². The number of aliphatic hydroxyl groups excluding tert-OH is 1. The van der Waals surface area contributed by atoms with Gasteiger partial charge < -0.3 is 10.4 Å². The van der Waals surface area contributed by atoms with Gasteiger partial charge in [-0.15, -0.1) is 0 Å². The molecule has 2 saturated carbocycles. The molecule has 2 aliphatic rings. The molecule has 7 heteroatoms. The Kier molecular flexibility index (Phi) is 3.71. The van der Waals surface area contributed by atoms with Crippen LogP contribution in [0.3, 0.4) is 0 Å². The van der Waals surface area contributed by atoms with Gasteiger partial charge in [0.15, 0.2) is 5.65 Å². The van der Waals surface area contributed by atoms with E-state index in [1.165, 1.54) is 6.42 Å². The van der Waals surface area contributed by atoms with E-state index in [2.05, 4.69) is 19.9 Å². The number of hydrogen-bond donors (Lipinski definition) is 2. The number of anilines is 1. The molecule has 0 bridgehead atoms. The fraction of sp³-hybridized carbons (Fsp3) is 0.647. The third-order valence-electron chi connectivity index (χ3n) is 5.14. The monoisotopic (exact) mass is 336 g/mol. The normalized spacial score (nSPS) is 22.2. The lowest BCUT2D eigenvalue weighted by Gasteiger charge is -2.36. The predicted molar refractivity (Wildman–Crippen MR) is 87.1 cm³/mol. The van der Waals surface area contributed by atoms with Crippen LogP contribution < -0.4 is 5.32 Å². The van der Waals surface area contributed by atoms with E-state index in [9.17, 15) is 13.9 Å². The Morgan fingerprint density at radius 3 is 2.71 bits per heavy atom. The molecule has 2 N–H and O–H groups in total. The molecule has 2 heterocycles. The van der Waals surface area contributed by atoms with Crippen molar-refractivity contribution in [1.29, 1.82) is 0 Å². The highest BCUT2D eigenvalue weighted by atomic mass is 19.3. The number of rotatable bonds is 5. The van der Waals surface area contributed by atoms with Gasteiger partial charge in [-0.25, -0.2) is 18.7 Å². The molecule has 2 fully saturated rings. The predicted octanol–water partition coefficient (Wildman–Crippen LogP) is 3.63. The Bertz CT molecular complexity index is 748. The SMILES string of the molecule is Cc1ccc2nc(NC(O)CC3CC(F)(F)C3)n(C3CCC3)c2n1. The second-order valence-electron chi connectivity index (χ2n) is 7.21. The van der Waals surface area contributed by atoms with Gasteiger partial charge in [-0.1, -0.05) is 0 Å². The molecule has 2 aromatic rings. The molecule has 1 unspecified atom stereocenters. The van der Waals surface area contributed by atoms with Crippen molar-refractivity contribution in [3.8, 4) is 0 Å². The minimum absolute atomic E-state index is 0.133. The zero-order chi connectivity index (χ0) is 16.9. The maximum absolute atomic E-state index is 12.9. The average Bonchev–Trinajstić information content (AvgIpc) is 2.73. The van der Waals surface area contributed by atoms with Crippen LogP contribution in [0, 0.1) is 12.8 Å². The van der Waals surface area contributed by atoms with Crippen molar-refractivity contribution < 1.29 is 13.9 Å². The number of fused-ring (bicyclic) bond motifs is 1. The molecule has 1 atom stereocenters. The number of nitrogens with zero attached hydrogens (tertiary/aromatic N) is 3. The lowest BCUT2D eigenvalue weighted by Crippen LogP contribution is -2.38. The molecule has 0 amide bonds. The number of halogens is 2. The summed E-state index contributed by atoms with van der Waals surface area (Å²) >= 11 is 0. The summed E-state index contributed by atoms with van der Waals surface area (Å²) < 4.78 is 27.9. The van der Waals surface area contributed by atoms with E-state index in [0.717, 1.165) is 29.7 Å². The van der Waals surface area contributed by atoms with Crippen LogP contribution in [0.5, 0.6) is 0 Å². The van der Waals surface area contributed by atoms with Crippen molar-refractivity contribution in [2.24, 2.45) is 5.92 Å². The Hall–Kier alpha value is -1.76. The van der Waals surface area contributed by atoms with Crippen molar-refractivity contribution >= 4 is 17.1 Å². The summed E-state index contributed by atoms with van der Waals surface area (Å²) in [6.45, 7) is 1.94. The van der Waals surface area contributed by atoms with Crippen molar-refractivity contribution in [3.63, 3.8) is 0 Å². The summed E-state index contributed by atoms with van der Waals surface area (Å²) in [6, 6.07) is 4.18. The highest BCUT2D eigenvalue weighted by Gasteiger charge is 2.45. The number of aryl methyl sites for hydroxylation is 1. The topological polar surface area (TPSA) is 63.0 Å². The molecule has 2 aromatic heterocycles. The highest BCUT2D eigenvalue weighted by Crippen LogP contribution is 2.44.